The molecule has 0 bridgehead atoms. The first-order valence-electron chi connectivity index (χ1n) is 11.1. The number of nitrogens with one attached hydrogen (secondary N) is 4. The number of aromatic nitrogens is 3. The molecular weight excluding hydrogens is 435 g/mol. The van der Waals surface area contributed by atoms with Crippen LogP contribution in [0, 0.1) is 5.82 Å². The van der Waals surface area contributed by atoms with Crippen LogP contribution in [0.3, 0.4) is 0 Å². The molecule has 3 heterocycles. The monoisotopic (exact) mass is 462 g/mol. The number of hydrogen-bond donors (Lipinski definition) is 4. The van der Waals surface area contributed by atoms with Gasteiger partial charge in [0.2, 0.25) is 0 Å². The lowest BCUT2D eigenvalue weighted by atomic mass is 9.96. The molecule has 9 nitrogen and oxygen atoms in total. The van der Waals surface area contributed by atoms with Gasteiger partial charge < -0.3 is 16.0 Å². The summed E-state index contributed by atoms with van der Waals surface area (Å²) in [5, 5.41) is 12.7. The van der Waals surface area contributed by atoms with Gasteiger partial charge in [-0.3, -0.25) is 20.1 Å². The molecule has 1 aromatic carbocycles. The van der Waals surface area contributed by atoms with E-state index < -0.39 is 11.7 Å². The molecule has 1 aliphatic heterocycles. The number of aliphatic imine (C=N–C) groups is 1. The van der Waals surface area contributed by atoms with Crippen molar-refractivity contribution >= 4 is 34.4 Å². The molecule has 10 heteroatoms. The Morgan fingerprint density at radius 1 is 1.26 bits per heavy atom. The molecule has 0 radical (unpaired) electrons. The quantitative estimate of drug-likeness (QED) is 0.407. The van der Waals surface area contributed by atoms with E-state index in [1.54, 1.807) is 12.3 Å². The van der Waals surface area contributed by atoms with Crippen LogP contribution in [0.1, 0.15) is 41.4 Å². The largest absolute Gasteiger partial charge is 0.369 e. The smallest absolute Gasteiger partial charge is 0.254 e. The van der Waals surface area contributed by atoms with Crippen molar-refractivity contribution in [2.75, 3.05) is 25.5 Å². The fraction of sp³-hybridized carbons (Fsp3) is 0.292. The highest BCUT2D eigenvalue weighted by atomic mass is 19.1. The van der Waals surface area contributed by atoms with Crippen LogP contribution < -0.4 is 21.3 Å². The van der Waals surface area contributed by atoms with E-state index in [0.717, 1.165) is 29.6 Å². The maximum absolute atomic E-state index is 14.3. The van der Waals surface area contributed by atoms with E-state index in [1.807, 2.05) is 38.2 Å². The van der Waals surface area contributed by atoms with Crippen LogP contribution in [0.2, 0.25) is 0 Å². The third-order valence-corrected chi connectivity index (χ3v) is 5.58. The second-order valence-corrected chi connectivity index (χ2v) is 7.88. The minimum Gasteiger partial charge on any atom is -0.369 e. The van der Waals surface area contributed by atoms with Gasteiger partial charge in [-0.1, -0.05) is 32.0 Å². The molecule has 2 atom stereocenters. The van der Waals surface area contributed by atoms with Gasteiger partial charge in [-0.05, 0) is 12.1 Å². The van der Waals surface area contributed by atoms with Crippen molar-refractivity contribution in [3.63, 3.8) is 0 Å². The number of para-hydroxylation sites is 1. The number of hydrogen-bond acceptors (Lipinski definition) is 8. The van der Waals surface area contributed by atoms with E-state index in [9.17, 15) is 9.18 Å². The van der Waals surface area contributed by atoms with Crippen LogP contribution in [0.25, 0.3) is 16.5 Å². The second kappa shape index (κ2) is 10.3. The van der Waals surface area contributed by atoms with E-state index >= 15 is 0 Å². The Hall–Kier alpha value is -3.92. The Kier molecular flexibility index (Phi) is 7.07. The summed E-state index contributed by atoms with van der Waals surface area (Å²) in [5.74, 6) is -0.441. The summed E-state index contributed by atoms with van der Waals surface area (Å²) in [6.07, 6.45) is 6.12. The average molecular weight is 463 g/mol. The third kappa shape index (κ3) is 4.86. The normalized spacial score (nSPS) is 16.0. The lowest BCUT2D eigenvalue weighted by molar-refractivity contribution is 0.0960. The molecule has 3 aromatic rings. The number of nitrogens with zero attached hydrogens (tertiary/aromatic N) is 4. The molecule has 2 aromatic heterocycles. The minimum atomic E-state index is -0.643. The van der Waals surface area contributed by atoms with Crippen molar-refractivity contribution in [2.24, 2.45) is 4.99 Å². The number of pyridine rings is 1. The molecule has 0 saturated heterocycles. The number of allylic oxidation sites excluding steroid dienone is 1. The van der Waals surface area contributed by atoms with E-state index in [2.05, 4.69) is 41.2 Å². The topological polar surface area (TPSA) is 116 Å². The van der Waals surface area contributed by atoms with Gasteiger partial charge in [0.1, 0.15) is 12.1 Å². The first-order chi connectivity index (χ1) is 16.5. The van der Waals surface area contributed by atoms with Crippen LogP contribution in [-0.2, 0) is 0 Å². The highest BCUT2D eigenvalue weighted by Gasteiger charge is 2.19. The average Bonchev–Trinajstić information content (AvgIpc) is 2.87. The van der Waals surface area contributed by atoms with Crippen LogP contribution in [-0.4, -0.2) is 53.5 Å². The lowest BCUT2D eigenvalue weighted by Crippen LogP contribution is -2.39. The highest BCUT2D eigenvalue weighted by Crippen LogP contribution is 2.28. The van der Waals surface area contributed by atoms with Gasteiger partial charge in [0.05, 0.1) is 23.0 Å². The zero-order chi connectivity index (χ0) is 24.1. The number of benzene rings is 1. The van der Waals surface area contributed by atoms with E-state index in [1.165, 1.54) is 13.4 Å². The third-order valence-electron chi connectivity index (χ3n) is 5.58. The van der Waals surface area contributed by atoms with Crippen LogP contribution in [0.5, 0.6) is 0 Å². The van der Waals surface area contributed by atoms with Gasteiger partial charge in [0.15, 0.2) is 12.1 Å². The van der Waals surface area contributed by atoms with Crippen molar-refractivity contribution in [1.82, 2.24) is 30.9 Å². The van der Waals surface area contributed by atoms with Crippen molar-refractivity contribution in [3.05, 3.63) is 65.6 Å². The molecule has 0 spiro atoms. The minimum absolute atomic E-state index is 0.00218. The van der Waals surface area contributed by atoms with Gasteiger partial charge in [0.25, 0.3) is 5.91 Å². The van der Waals surface area contributed by atoms with Crippen molar-refractivity contribution < 1.29 is 9.18 Å². The highest BCUT2D eigenvalue weighted by molar-refractivity contribution is 6.09. The summed E-state index contributed by atoms with van der Waals surface area (Å²) in [7, 11) is 1.48. The van der Waals surface area contributed by atoms with Gasteiger partial charge in [-0.15, -0.1) is 0 Å². The summed E-state index contributed by atoms with van der Waals surface area (Å²) >= 11 is 0. The van der Waals surface area contributed by atoms with Crippen LogP contribution >= 0.6 is 0 Å². The number of fused-ring (bicyclic) bond motifs is 1. The number of carbonyl (C=O) groups excluding carboxylic acids is 1. The number of carbonyl (C=O) groups is 1. The number of amides is 1. The van der Waals surface area contributed by atoms with E-state index in [4.69, 9.17) is 0 Å². The van der Waals surface area contributed by atoms with Gasteiger partial charge in [-0.2, -0.15) is 0 Å². The maximum Gasteiger partial charge on any atom is 0.254 e. The molecule has 4 rings (SSSR count). The van der Waals surface area contributed by atoms with Gasteiger partial charge in [0, 0.05) is 49.0 Å². The Bertz CT molecular complexity index is 1260. The fourth-order valence-corrected chi connectivity index (χ4v) is 3.80. The predicted octanol–water partition coefficient (Wildman–Crippen LogP) is 2.65. The molecule has 0 aliphatic carbocycles. The van der Waals surface area contributed by atoms with Crippen molar-refractivity contribution in [3.8, 4) is 0 Å². The Balaban J connectivity index is 1.51. The maximum atomic E-state index is 14.3. The van der Waals surface area contributed by atoms with E-state index in [-0.39, 0.29) is 17.8 Å². The standard InChI is InChI=1S/C24H27FN8O/c1-4-27-24-30-10-15(11-31-24)19-8-20(33-13-32-19)28-9-14(2)16-6-5-7-17-21(23(34)26-3)18(25)12-29-22(16)17/h5-8,10-14,24,27,30H,4,9H2,1-3H3,(H,26,34)(H,28,32,33)/t14-,24?/m1/s1. The van der Waals surface area contributed by atoms with Crippen LogP contribution in [0.4, 0.5) is 10.2 Å². The van der Waals surface area contributed by atoms with Crippen molar-refractivity contribution in [2.45, 2.75) is 26.1 Å². The molecule has 176 valence electrons. The Morgan fingerprint density at radius 3 is 2.85 bits per heavy atom. The van der Waals surface area contributed by atoms with Gasteiger partial charge in [-0.25, -0.2) is 14.4 Å². The molecule has 4 N–H and O–H groups in total. The summed E-state index contributed by atoms with van der Waals surface area (Å²) in [4.78, 5) is 29.6. The van der Waals surface area contributed by atoms with Crippen LogP contribution in [0.15, 0.2) is 48.0 Å². The molecule has 34 heavy (non-hydrogen) atoms. The molecule has 1 amide bonds. The Morgan fingerprint density at radius 2 is 2.12 bits per heavy atom. The zero-order valence-corrected chi connectivity index (χ0v) is 19.3. The van der Waals surface area contributed by atoms with E-state index in [0.29, 0.717) is 23.3 Å². The summed E-state index contributed by atoms with van der Waals surface area (Å²) < 4.78 is 14.3. The zero-order valence-electron chi connectivity index (χ0n) is 19.3. The molecule has 0 fully saturated rings. The molecule has 1 aliphatic rings. The summed E-state index contributed by atoms with van der Waals surface area (Å²) in [5.41, 5.74) is 3.11. The lowest BCUT2D eigenvalue weighted by Gasteiger charge is -2.19. The first kappa shape index (κ1) is 23.2. The number of halogens is 1. The predicted molar refractivity (Wildman–Crippen MR) is 131 cm³/mol. The SMILES string of the molecule is CCNC1N=CC(c2cc(NC[C@@H](C)c3cccc4c(C(=O)NC)c(F)cnc34)ncn2)=CN1. The summed E-state index contributed by atoms with van der Waals surface area (Å²) in [6, 6.07) is 7.33. The molecule has 1 unspecified atom stereocenters. The second-order valence-electron chi connectivity index (χ2n) is 7.88. The number of anilines is 1. The first-order valence-corrected chi connectivity index (χ1v) is 11.1. The van der Waals surface area contributed by atoms with Crippen molar-refractivity contribution in [1.29, 1.82) is 0 Å². The number of rotatable bonds is 8. The Labute approximate surface area is 197 Å². The van der Waals surface area contributed by atoms with Gasteiger partial charge >= 0.3 is 0 Å². The molecule has 0 saturated carbocycles. The summed E-state index contributed by atoms with van der Waals surface area (Å²) in [6.45, 7) is 5.42. The molecular formula is C24H27FN8O. The fourth-order valence-electron chi connectivity index (χ4n) is 3.80.